The Hall–Kier alpha value is -3.28. The van der Waals surface area contributed by atoms with Crippen molar-refractivity contribution >= 4 is 23.0 Å². The number of esters is 1. The number of allylic oxidation sites excluding steroid dienone is 1. The first-order chi connectivity index (χ1) is 14.5. The molecular weight excluding hydrogens is 378 g/mol. The molecule has 0 spiro atoms. The zero-order valence-electron chi connectivity index (χ0n) is 17.8. The van der Waals surface area contributed by atoms with Gasteiger partial charge in [0.2, 0.25) is 5.95 Å². The summed E-state index contributed by atoms with van der Waals surface area (Å²) in [5.74, 6) is 1.78. The van der Waals surface area contributed by atoms with Gasteiger partial charge >= 0.3 is 5.97 Å². The predicted octanol–water partition coefficient (Wildman–Crippen LogP) is 4.92. The number of para-hydroxylation sites is 2. The van der Waals surface area contributed by atoms with E-state index in [-0.39, 0.29) is 12.0 Å². The van der Waals surface area contributed by atoms with Gasteiger partial charge in [0.25, 0.3) is 0 Å². The molecule has 4 rings (SSSR count). The summed E-state index contributed by atoms with van der Waals surface area (Å²) < 4.78 is 13.0. The number of hydrogen-bond donors (Lipinski definition) is 1. The van der Waals surface area contributed by atoms with Crippen molar-refractivity contribution in [3.8, 4) is 5.75 Å². The molecule has 0 saturated heterocycles. The van der Waals surface area contributed by atoms with E-state index in [1.165, 1.54) is 7.11 Å². The molecule has 3 aromatic rings. The minimum atomic E-state index is -0.356. The summed E-state index contributed by atoms with van der Waals surface area (Å²) in [6.45, 7) is 6.93. The molecule has 0 amide bonds. The standard InChI is InChI=1S/C24H27N3O3/c1-15(2)13-14-30-18-11-9-17(10-12-18)22-21(23(28)29-4)16(3)25-24-26-19-7-5-6-8-20(19)27(22)24/h5-12,15,22H,13-14H2,1-4H3,(H,25,26). The van der Waals surface area contributed by atoms with Crippen LogP contribution in [0.5, 0.6) is 5.75 Å². The van der Waals surface area contributed by atoms with Crippen LogP contribution in [0.1, 0.15) is 38.8 Å². The second-order valence-corrected chi connectivity index (χ2v) is 7.95. The fraction of sp³-hybridized carbons (Fsp3) is 0.333. The maximum atomic E-state index is 12.7. The number of carbonyl (C=O) groups is 1. The Labute approximate surface area is 176 Å². The lowest BCUT2D eigenvalue weighted by Crippen LogP contribution is -2.28. The van der Waals surface area contributed by atoms with Crippen LogP contribution in [-0.4, -0.2) is 29.2 Å². The van der Waals surface area contributed by atoms with Gasteiger partial charge in [-0.1, -0.05) is 38.1 Å². The molecule has 0 saturated carbocycles. The Balaban J connectivity index is 1.76. The quantitative estimate of drug-likeness (QED) is 0.590. The zero-order valence-corrected chi connectivity index (χ0v) is 17.8. The third-order valence-corrected chi connectivity index (χ3v) is 5.40. The minimum absolute atomic E-state index is 0.342. The highest BCUT2D eigenvalue weighted by molar-refractivity contribution is 5.94. The van der Waals surface area contributed by atoms with Crippen molar-refractivity contribution in [3.05, 3.63) is 65.4 Å². The number of aromatic nitrogens is 2. The molecule has 2 heterocycles. The molecule has 1 atom stereocenters. The van der Waals surface area contributed by atoms with Crippen LogP contribution in [0.4, 0.5) is 5.95 Å². The molecule has 1 aliphatic heterocycles. The van der Waals surface area contributed by atoms with Crippen molar-refractivity contribution in [2.75, 3.05) is 19.0 Å². The van der Waals surface area contributed by atoms with Gasteiger partial charge in [-0.15, -0.1) is 0 Å². The summed E-state index contributed by atoms with van der Waals surface area (Å²) in [5, 5.41) is 3.27. The molecule has 30 heavy (non-hydrogen) atoms. The highest BCUT2D eigenvalue weighted by atomic mass is 16.5. The average Bonchev–Trinajstić information content (AvgIpc) is 3.10. The second-order valence-electron chi connectivity index (χ2n) is 7.95. The maximum absolute atomic E-state index is 12.7. The van der Waals surface area contributed by atoms with Gasteiger partial charge < -0.3 is 14.8 Å². The topological polar surface area (TPSA) is 65.4 Å². The summed E-state index contributed by atoms with van der Waals surface area (Å²) in [6.07, 6.45) is 1.01. The van der Waals surface area contributed by atoms with Crippen LogP contribution in [-0.2, 0) is 9.53 Å². The summed E-state index contributed by atoms with van der Waals surface area (Å²) >= 11 is 0. The second kappa shape index (κ2) is 8.22. The molecule has 6 heteroatoms. The number of benzene rings is 2. The van der Waals surface area contributed by atoms with Gasteiger partial charge in [-0.3, -0.25) is 4.57 Å². The number of ether oxygens (including phenoxy) is 2. The summed E-state index contributed by atoms with van der Waals surface area (Å²) in [5.41, 5.74) is 4.11. The van der Waals surface area contributed by atoms with E-state index in [0.29, 0.717) is 24.0 Å². The SMILES string of the molecule is COC(=O)C1=C(C)Nc2nc3ccccc3n2C1c1ccc(OCCC(C)C)cc1. The van der Waals surface area contributed by atoms with Gasteiger partial charge in [0, 0.05) is 5.70 Å². The van der Waals surface area contributed by atoms with Crippen molar-refractivity contribution in [1.29, 1.82) is 0 Å². The number of nitrogens with zero attached hydrogens (tertiary/aromatic N) is 2. The maximum Gasteiger partial charge on any atom is 0.337 e. The summed E-state index contributed by atoms with van der Waals surface area (Å²) in [7, 11) is 1.41. The number of nitrogens with one attached hydrogen (secondary N) is 1. The third kappa shape index (κ3) is 3.65. The highest BCUT2D eigenvalue weighted by Crippen LogP contribution is 2.39. The van der Waals surface area contributed by atoms with Gasteiger partial charge in [0.15, 0.2) is 0 Å². The van der Waals surface area contributed by atoms with E-state index < -0.39 is 0 Å². The Morgan fingerprint density at radius 3 is 2.60 bits per heavy atom. The van der Waals surface area contributed by atoms with E-state index in [1.807, 2.05) is 55.5 Å². The highest BCUT2D eigenvalue weighted by Gasteiger charge is 2.34. The number of anilines is 1. The minimum Gasteiger partial charge on any atom is -0.494 e. The summed E-state index contributed by atoms with van der Waals surface area (Å²) in [4.78, 5) is 17.4. The van der Waals surface area contributed by atoms with Crippen LogP contribution in [0.3, 0.4) is 0 Å². The van der Waals surface area contributed by atoms with Crippen LogP contribution in [0.15, 0.2) is 59.8 Å². The summed E-state index contributed by atoms with van der Waals surface area (Å²) in [6, 6.07) is 15.5. The van der Waals surface area contributed by atoms with Crippen molar-refractivity contribution in [1.82, 2.24) is 9.55 Å². The molecule has 0 aliphatic carbocycles. The molecule has 0 fully saturated rings. The molecule has 6 nitrogen and oxygen atoms in total. The fourth-order valence-electron chi connectivity index (χ4n) is 3.81. The lowest BCUT2D eigenvalue weighted by atomic mass is 9.95. The molecule has 1 aliphatic rings. The smallest absolute Gasteiger partial charge is 0.337 e. The molecule has 1 aromatic heterocycles. The van der Waals surface area contributed by atoms with E-state index in [2.05, 4.69) is 23.7 Å². The number of carbonyl (C=O) groups excluding carboxylic acids is 1. The van der Waals surface area contributed by atoms with Crippen LogP contribution >= 0.6 is 0 Å². The van der Waals surface area contributed by atoms with Crippen molar-refractivity contribution in [3.63, 3.8) is 0 Å². The Kier molecular flexibility index (Phi) is 5.48. The van der Waals surface area contributed by atoms with E-state index >= 15 is 0 Å². The molecule has 0 radical (unpaired) electrons. The van der Waals surface area contributed by atoms with E-state index in [9.17, 15) is 4.79 Å². The van der Waals surface area contributed by atoms with E-state index in [0.717, 1.165) is 34.5 Å². The van der Waals surface area contributed by atoms with Crippen molar-refractivity contribution in [2.24, 2.45) is 5.92 Å². The first kappa shape index (κ1) is 20.0. The number of fused-ring (bicyclic) bond motifs is 3. The van der Waals surface area contributed by atoms with E-state index in [4.69, 9.17) is 14.5 Å². The molecule has 1 unspecified atom stereocenters. The van der Waals surface area contributed by atoms with Gasteiger partial charge in [0.05, 0.1) is 36.4 Å². The van der Waals surface area contributed by atoms with Crippen LogP contribution in [0, 0.1) is 5.92 Å². The average molecular weight is 405 g/mol. The Morgan fingerprint density at radius 2 is 1.90 bits per heavy atom. The normalized spacial score (nSPS) is 15.8. The number of hydrogen-bond acceptors (Lipinski definition) is 5. The molecular formula is C24H27N3O3. The monoisotopic (exact) mass is 405 g/mol. The van der Waals surface area contributed by atoms with Crippen LogP contribution in [0.2, 0.25) is 0 Å². The number of methoxy groups -OCH3 is 1. The molecule has 0 bridgehead atoms. The van der Waals surface area contributed by atoms with Crippen LogP contribution < -0.4 is 10.1 Å². The lowest BCUT2D eigenvalue weighted by molar-refractivity contribution is -0.136. The molecule has 156 valence electrons. The van der Waals surface area contributed by atoms with Gasteiger partial charge in [-0.25, -0.2) is 9.78 Å². The molecule has 2 aromatic carbocycles. The van der Waals surface area contributed by atoms with Crippen molar-refractivity contribution in [2.45, 2.75) is 33.2 Å². The van der Waals surface area contributed by atoms with Gasteiger partial charge in [0.1, 0.15) is 5.75 Å². The Morgan fingerprint density at radius 1 is 1.17 bits per heavy atom. The third-order valence-electron chi connectivity index (χ3n) is 5.40. The fourth-order valence-corrected chi connectivity index (χ4v) is 3.81. The first-order valence-electron chi connectivity index (χ1n) is 10.3. The predicted molar refractivity (Wildman–Crippen MR) is 118 cm³/mol. The number of rotatable bonds is 6. The van der Waals surface area contributed by atoms with Gasteiger partial charge in [-0.2, -0.15) is 0 Å². The zero-order chi connectivity index (χ0) is 21.3. The van der Waals surface area contributed by atoms with Gasteiger partial charge in [-0.05, 0) is 49.1 Å². The number of imidazole rings is 1. The first-order valence-corrected chi connectivity index (χ1v) is 10.3. The molecule has 1 N–H and O–H groups in total. The van der Waals surface area contributed by atoms with Crippen molar-refractivity contribution < 1.29 is 14.3 Å². The largest absolute Gasteiger partial charge is 0.494 e. The lowest BCUT2D eigenvalue weighted by Gasteiger charge is -2.30. The van der Waals surface area contributed by atoms with E-state index in [1.54, 1.807) is 0 Å². The van der Waals surface area contributed by atoms with Crippen LogP contribution in [0.25, 0.3) is 11.0 Å². The Bertz CT molecular complexity index is 1100.